The van der Waals surface area contributed by atoms with Gasteiger partial charge in [-0.05, 0) is 36.8 Å². The monoisotopic (exact) mass is 409 g/mol. The Morgan fingerprint density at radius 2 is 1.87 bits per heavy atom. The average Bonchev–Trinajstić information content (AvgIpc) is 3.33. The van der Waals surface area contributed by atoms with Crippen molar-refractivity contribution >= 4 is 17.8 Å². The van der Waals surface area contributed by atoms with Gasteiger partial charge in [-0.25, -0.2) is 14.7 Å². The smallest absolute Gasteiger partial charge is 0.326 e. The molecule has 0 radical (unpaired) electrons. The number of hydrogen-bond donors (Lipinski definition) is 1. The van der Waals surface area contributed by atoms with E-state index in [2.05, 4.69) is 20.1 Å². The number of carbonyl (C=O) groups excluding carboxylic acids is 2. The quantitative estimate of drug-likeness (QED) is 0.763. The van der Waals surface area contributed by atoms with Gasteiger partial charge in [0.25, 0.3) is 5.91 Å². The third-order valence-electron chi connectivity index (χ3n) is 5.91. The molecule has 0 bridgehead atoms. The van der Waals surface area contributed by atoms with Crippen molar-refractivity contribution in [1.82, 2.24) is 20.1 Å². The molecule has 30 heavy (non-hydrogen) atoms. The van der Waals surface area contributed by atoms with Gasteiger partial charge in [-0.2, -0.15) is 0 Å². The Labute approximate surface area is 174 Å². The predicted octanol–water partition coefficient (Wildman–Crippen LogP) is 1.36. The molecule has 2 fully saturated rings. The minimum Gasteiger partial charge on any atom is -0.454 e. The van der Waals surface area contributed by atoms with E-state index < -0.39 is 5.54 Å². The number of nitrogens with one attached hydrogen (secondary N) is 1. The average molecular weight is 409 g/mol. The molecular weight excluding hydrogens is 386 g/mol. The van der Waals surface area contributed by atoms with Gasteiger partial charge in [-0.3, -0.25) is 9.69 Å². The second-order valence-corrected chi connectivity index (χ2v) is 7.79. The summed E-state index contributed by atoms with van der Waals surface area (Å²) in [5.41, 5.74) is -0.457. The number of ether oxygens (including phenoxy) is 2. The van der Waals surface area contributed by atoms with Crippen molar-refractivity contribution in [3.8, 4) is 11.5 Å². The SMILES string of the molecule is C[C@@]1(c2ccc3c(c2)OCO3)NC(=O)N(CN2CCN(c3ccccn3)CC2)C1=O. The summed E-state index contributed by atoms with van der Waals surface area (Å²) in [6.45, 7) is 5.22. The molecule has 156 valence electrons. The zero-order valence-electron chi connectivity index (χ0n) is 16.7. The van der Waals surface area contributed by atoms with Crippen molar-refractivity contribution < 1.29 is 19.1 Å². The lowest BCUT2D eigenvalue weighted by Crippen LogP contribution is -2.51. The van der Waals surface area contributed by atoms with Crippen LogP contribution in [0.1, 0.15) is 12.5 Å². The summed E-state index contributed by atoms with van der Waals surface area (Å²) in [5.74, 6) is 1.91. The molecule has 3 aliphatic heterocycles. The van der Waals surface area contributed by atoms with E-state index >= 15 is 0 Å². The van der Waals surface area contributed by atoms with Crippen LogP contribution >= 0.6 is 0 Å². The number of rotatable bonds is 4. The Hall–Kier alpha value is -3.33. The van der Waals surface area contributed by atoms with Crippen molar-refractivity contribution in [3.63, 3.8) is 0 Å². The van der Waals surface area contributed by atoms with E-state index in [1.165, 1.54) is 4.90 Å². The van der Waals surface area contributed by atoms with E-state index in [1.54, 1.807) is 31.3 Å². The maximum Gasteiger partial charge on any atom is 0.326 e. The molecule has 1 N–H and O–H groups in total. The fourth-order valence-corrected chi connectivity index (χ4v) is 4.09. The summed E-state index contributed by atoms with van der Waals surface area (Å²) in [5, 5.41) is 2.86. The van der Waals surface area contributed by atoms with E-state index in [4.69, 9.17) is 9.47 Å². The molecular formula is C21H23N5O4. The molecule has 4 heterocycles. The van der Waals surface area contributed by atoms with E-state index in [-0.39, 0.29) is 25.4 Å². The molecule has 0 unspecified atom stereocenters. The van der Waals surface area contributed by atoms with Gasteiger partial charge < -0.3 is 19.7 Å². The van der Waals surface area contributed by atoms with Gasteiger partial charge in [0.1, 0.15) is 11.4 Å². The highest BCUT2D eigenvalue weighted by atomic mass is 16.7. The maximum atomic E-state index is 13.2. The molecule has 2 saturated heterocycles. The molecule has 9 nitrogen and oxygen atoms in total. The predicted molar refractivity (Wildman–Crippen MR) is 108 cm³/mol. The Kier molecular flexibility index (Phi) is 4.47. The van der Waals surface area contributed by atoms with Crippen LogP contribution in [0.2, 0.25) is 0 Å². The Morgan fingerprint density at radius 3 is 2.63 bits per heavy atom. The molecule has 9 heteroatoms. The fourth-order valence-electron chi connectivity index (χ4n) is 4.09. The van der Waals surface area contributed by atoms with Gasteiger partial charge in [-0.15, -0.1) is 0 Å². The molecule has 0 aliphatic carbocycles. The van der Waals surface area contributed by atoms with E-state index in [0.717, 1.165) is 32.0 Å². The highest BCUT2D eigenvalue weighted by Gasteiger charge is 2.49. The highest BCUT2D eigenvalue weighted by molar-refractivity contribution is 6.07. The second-order valence-electron chi connectivity index (χ2n) is 7.79. The molecule has 1 aromatic carbocycles. The van der Waals surface area contributed by atoms with Crippen LogP contribution < -0.4 is 19.7 Å². The summed E-state index contributed by atoms with van der Waals surface area (Å²) >= 11 is 0. The van der Waals surface area contributed by atoms with E-state index in [1.807, 2.05) is 18.2 Å². The third-order valence-corrected chi connectivity index (χ3v) is 5.91. The van der Waals surface area contributed by atoms with Gasteiger partial charge >= 0.3 is 6.03 Å². The number of piperazine rings is 1. The minimum atomic E-state index is -1.13. The molecule has 0 spiro atoms. The molecule has 3 aliphatic rings. The number of carbonyl (C=O) groups is 2. The first-order chi connectivity index (χ1) is 14.5. The van der Waals surface area contributed by atoms with Crippen LogP contribution in [0.3, 0.4) is 0 Å². The van der Waals surface area contributed by atoms with Gasteiger partial charge in [-0.1, -0.05) is 12.1 Å². The van der Waals surface area contributed by atoms with Crippen LogP contribution in [0.25, 0.3) is 0 Å². The molecule has 0 saturated carbocycles. The van der Waals surface area contributed by atoms with E-state index in [9.17, 15) is 9.59 Å². The van der Waals surface area contributed by atoms with Gasteiger partial charge in [0, 0.05) is 32.4 Å². The lowest BCUT2D eigenvalue weighted by molar-refractivity contribution is -0.132. The molecule has 1 aromatic heterocycles. The number of imide groups is 1. The van der Waals surface area contributed by atoms with Crippen LogP contribution in [0.4, 0.5) is 10.6 Å². The Balaban J connectivity index is 1.26. The summed E-state index contributed by atoms with van der Waals surface area (Å²) in [7, 11) is 0. The summed E-state index contributed by atoms with van der Waals surface area (Å²) in [6.07, 6.45) is 1.78. The maximum absolute atomic E-state index is 13.2. The van der Waals surface area contributed by atoms with Crippen LogP contribution in [0, 0.1) is 0 Å². The first kappa shape index (κ1) is 18.7. The van der Waals surface area contributed by atoms with Crippen molar-refractivity contribution in [2.75, 3.05) is 44.5 Å². The zero-order valence-corrected chi connectivity index (χ0v) is 16.7. The number of benzene rings is 1. The van der Waals surface area contributed by atoms with Gasteiger partial charge in [0.2, 0.25) is 6.79 Å². The second kappa shape index (κ2) is 7.17. The number of urea groups is 1. The molecule has 2 aromatic rings. The summed E-state index contributed by atoms with van der Waals surface area (Å²) < 4.78 is 10.8. The Morgan fingerprint density at radius 1 is 1.07 bits per heavy atom. The molecule has 5 rings (SSSR count). The number of aromatic nitrogens is 1. The Bertz CT molecular complexity index is 977. The largest absolute Gasteiger partial charge is 0.454 e. The fraction of sp³-hybridized carbons (Fsp3) is 0.381. The minimum absolute atomic E-state index is 0.159. The van der Waals surface area contributed by atoms with E-state index in [0.29, 0.717) is 17.1 Å². The zero-order chi connectivity index (χ0) is 20.7. The lowest BCUT2D eigenvalue weighted by Gasteiger charge is -2.36. The summed E-state index contributed by atoms with van der Waals surface area (Å²) in [6, 6.07) is 10.8. The third kappa shape index (κ3) is 3.11. The molecule has 1 atom stereocenters. The van der Waals surface area contributed by atoms with Crippen molar-refractivity contribution in [3.05, 3.63) is 48.2 Å². The number of nitrogens with zero attached hydrogens (tertiary/aromatic N) is 4. The number of fused-ring (bicyclic) bond motifs is 1. The van der Waals surface area contributed by atoms with Crippen LogP contribution in [0.15, 0.2) is 42.6 Å². The number of hydrogen-bond acceptors (Lipinski definition) is 7. The highest BCUT2D eigenvalue weighted by Crippen LogP contribution is 2.37. The molecule has 3 amide bonds. The normalized spacial score (nSPS) is 23.8. The topological polar surface area (TPSA) is 87.2 Å². The summed E-state index contributed by atoms with van der Waals surface area (Å²) in [4.78, 5) is 35.9. The first-order valence-electron chi connectivity index (χ1n) is 9.97. The first-order valence-corrected chi connectivity index (χ1v) is 9.97. The number of anilines is 1. The standard InChI is InChI=1S/C21H23N5O4/c1-21(15-5-6-16-17(12-15)30-14-29-16)19(27)26(20(28)23-21)13-24-8-10-25(11-9-24)18-4-2-3-7-22-18/h2-7,12H,8-11,13-14H2,1H3,(H,23,28)/t21-/m0/s1. The van der Waals surface area contributed by atoms with Crippen LogP contribution in [0.5, 0.6) is 11.5 Å². The van der Waals surface area contributed by atoms with Gasteiger partial charge in [0.15, 0.2) is 11.5 Å². The van der Waals surface area contributed by atoms with Crippen molar-refractivity contribution in [2.45, 2.75) is 12.5 Å². The van der Waals surface area contributed by atoms with Gasteiger partial charge in [0.05, 0.1) is 6.67 Å². The number of amides is 3. The van der Waals surface area contributed by atoms with Crippen molar-refractivity contribution in [2.24, 2.45) is 0 Å². The van der Waals surface area contributed by atoms with Crippen molar-refractivity contribution in [1.29, 1.82) is 0 Å². The number of pyridine rings is 1. The lowest BCUT2D eigenvalue weighted by atomic mass is 9.92. The van der Waals surface area contributed by atoms with Crippen LogP contribution in [-0.4, -0.2) is 66.4 Å². The van der Waals surface area contributed by atoms with Crippen LogP contribution in [-0.2, 0) is 10.3 Å².